The molecule has 2 aromatic heterocycles. The fourth-order valence-corrected chi connectivity index (χ4v) is 4.46. The van der Waals surface area contributed by atoms with Crippen molar-refractivity contribution >= 4 is 16.9 Å². The van der Waals surface area contributed by atoms with Crippen molar-refractivity contribution in [3.63, 3.8) is 0 Å². The highest BCUT2D eigenvalue weighted by molar-refractivity contribution is 5.89. The summed E-state index contributed by atoms with van der Waals surface area (Å²) in [5, 5.41) is 14.7. The van der Waals surface area contributed by atoms with Gasteiger partial charge in [-0.2, -0.15) is 0 Å². The molecule has 1 atom stereocenters. The van der Waals surface area contributed by atoms with Crippen LogP contribution in [0, 0.1) is 0 Å². The molecule has 0 saturated carbocycles. The Hall–Kier alpha value is -3.27. The molecule has 0 saturated heterocycles. The predicted molar refractivity (Wildman–Crippen MR) is 117 cm³/mol. The summed E-state index contributed by atoms with van der Waals surface area (Å²) in [6.07, 6.45) is -0.615. The van der Waals surface area contributed by atoms with E-state index in [2.05, 4.69) is 5.32 Å². The summed E-state index contributed by atoms with van der Waals surface area (Å²) in [6, 6.07) is 7.39. The standard InChI is InChI=1S/C23H24N4O5/c1-31-12-3-4-18-13(7-12)15(9-25-6-2-5-24)16-10-27-19(20(16)26-18)8-14-17(22(27)29)11-32-23(30)21(14)28/h3-4,7-8,21,25,28H,2,5-6,9-11,24H2,1H3. The zero-order valence-electron chi connectivity index (χ0n) is 17.7. The summed E-state index contributed by atoms with van der Waals surface area (Å²) >= 11 is 0. The smallest absolute Gasteiger partial charge is 0.340 e. The zero-order valence-corrected chi connectivity index (χ0v) is 17.7. The lowest BCUT2D eigenvalue weighted by Gasteiger charge is -2.21. The van der Waals surface area contributed by atoms with Gasteiger partial charge >= 0.3 is 5.97 Å². The van der Waals surface area contributed by atoms with Crippen LogP contribution in [0.4, 0.5) is 0 Å². The van der Waals surface area contributed by atoms with E-state index in [1.54, 1.807) is 17.7 Å². The van der Waals surface area contributed by atoms with Crippen molar-refractivity contribution in [3.8, 4) is 17.1 Å². The van der Waals surface area contributed by atoms with Crippen LogP contribution in [0.25, 0.3) is 22.3 Å². The Morgan fingerprint density at radius 1 is 1.31 bits per heavy atom. The van der Waals surface area contributed by atoms with Crippen molar-refractivity contribution in [2.24, 2.45) is 5.73 Å². The zero-order chi connectivity index (χ0) is 22.4. The normalized spacial score (nSPS) is 16.5. The number of hydrogen-bond acceptors (Lipinski definition) is 8. The Kier molecular flexibility index (Phi) is 5.16. The molecule has 0 spiro atoms. The highest BCUT2D eigenvalue weighted by Gasteiger charge is 2.34. The number of nitrogens with zero attached hydrogens (tertiary/aromatic N) is 2. The Balaban J connectivity index is 1.70. The number of nitrogens with two attached hydrogens (primary N) is 1. The number of esters is 1. The van der Waals surface area contributed by atoms with Crippen LogP contribution in [-0.2, 0) is 29.2 Å². The molecule has 2 aliphatic heterocycles. The van der Waals surface area contributed by atoms with Crippen molar-refractivity contribution in [1.29, 1.82) is 0 Å². The summed E-state index contributed by atoms with van der Waals surface area (Å²) in [5.41, 5.74) is 9.98. The first-order valence-electron chi connectivity index (χ1n) is 10.6. The van der Waals surface area contributed by atoms with Crippen LogP contribution in [0.15, 0.2) is 29.1 Å². The van der Waals surface area contributed by atoms with Crippen LogP contribution >= 0.6 is 0 Å². The van der Waals surface area contributed by atoms with Gasteiger partial charge in [0, 0.05) is 23.1 Å². The van der Waals surface area contributed by atoms with Gasteiger partial charge in [0.2, 0.25) is 0 Å². The third-order valence-corrected chi connectivity index (χ3v) is 6.14. The van der Waals surface area contributed by atoms with Crippen molar-refractivity contribution in [1.82, 2.24) is 14.9 Å². The number of aliphatic hydroxyl groups is 1. The molecule has 32 heavy (non-hydrogen) atoms. The third-order valence-electron chi connectivity index (χ3n) is 6.14. The number of rotatable bonds is 6. The lowest BCUT2D eigenvalue weighted by molar-refractivity contribution is -0.157. The maximum Gasteiger partial charge on any atom is 0.340 e. The van der Waals surface area contributed by atoms with E-state index >= 15 is 0 Å². The highest BCUT2D eigenvalue weighted by atomic mass is 16.5. The van der Waals surface area contributed by atoms with Crippen molar-refractivity contribution in [3.05, 3.63) is 56.9 Å². The molecule has 0 fully saturated rings. The SMILES string of the molecule is COc1ccc2nc3c(c(CNCCCN)c2c1)Cn1c-3cc2c(c1=O)COC(=O)C2O. The van der Waals surface area contributed by atoms with Gasteiger partial charge in [0.1, 0.15) is 12.4 Å². The number of aliphatic hydroxyl groups excluding tert-OH is 1. The van der Waals surface area contributed by atoms with Crippen LogP contribution < -0.4 is 21.3 Å². The molecule has 9 heteroatoms. The van der Waals surface area contributed by atoms with Crippen LogP contribution in [0.3, 0.4) is 0 Å². The van der Waals surface area contributed by atoms with Gasteiger partial charge in [0.05, 0.1) is 36.1 Å². The second-order valence-corrected chi connectivity index (χ2v) is 7.98. The molecule has 0 amide bonds. The van der Waals surface area contributed by atoms with E-state index in [-0.39, 0.29) is 12.2 Å². The van der Waals surface area contributed by atoms with Gasteiger partial charge in [-0.3, -0.25) is 4.79 Å². The molecule has 3 aromatic rings. The summed E-state index contributed by atoms with van der Waals surface area (Å²) in [6.45, 7) is 2.17. The molecular weight excluding hydrogens is 412 g/mol. The minimum Gasteiger partial charge on any atom is -0.497 e. The molecule has 0 bridgehead atoms. The number of ether oxygens (including phenoxy) is 2. The molecule has 0 radical (unpaired) electrons. The minimum atomic E-state index is -1.47. The molecule has 2 aliphatic rings. The Morgan fingerprint density at radius 3 is 2.94 bits per heavy atom. The van der Waals surface area contributed by atoms with E-state index in [4.69, 9.17) is 20.2 Å². The molecule has 166 valence electrons. The second kappa shape index (κ2) is 8.01. The van der Waals surface area contributed by atoms with E-state index in [0.29, 0.717) is 42.1 Å². The van der Waals surface area contributed by atoms with Crippen LogP contribution in [0.1, 0.15) is 34.8 Å². The van der Waals surface area contributed by atoms with Gasteiger partial charge in [-0.05, 0) is 49.3 Å². The van der Waals surface area contributed by atoms with E-state index in [1.807, 2.05) is 18.2 Å². The Bertz CT molecular complexity index is 1300. The lowest BCUT2D eigenvalue weighted by Crippen LogP contribution is -2.32. The second-order valence-electron chi connectivity index (χ2n) is 7.98. The fourth-order valence-electron chi connectivity index (χ4n) is 4.46. The number of hydrogen-bond donors (Lipinski definition) is 3. The predicted octanol–water partition coefficient (Wildman–Crippen LogP) is 0.962. The summed E-state index contributed by atoms with van der Waals surface area (Å²) in [5.74, 6) is -0.0205. The summed E-state index contributed by atoms with van der Waals surface area (Å²) < 4.78 is 12.0. The number of methoxy groups -OCH3 is 1. The fraction of sp³-hybridized carbons (Fsp3) is 0.348. The van der Waals surface area contributed by atoms with Gasteiger partial charge in [0.15, 0.2) is 6.10 Å². The number of carbonyl (C=O) groups is 1. The molecule has 4 N–H and O–H groups in total. The number of nitrogens with one attached hydrogen (secondary N) is 1. The molecule has 0 aliphatic carbocycles. The maximum atomic E-state index is 13.2. The first kappa shape index (κ1) is 20.6. The lowest BCUT2D eigenvalue weighted by atomic mass is 9.98. The van der Waals surface area contributed by atoms with Crippen molar-refractivity contribution < 1.29 is 19.4 Å². The van der Waals surface area contributed by atoms with E-state index in [0.717, 1.165) is 40.7 Å². The monoisotopic (exact) mass is 436 g/mol. The van der Waals surface area contributed by atoms with Crippen LogP contribution in [-0.4, -0.2) is 40.8 Å². The van der Waals surface area contributed by atoms with Gasteiger partial charge < -0.3 is 30.2 Å². The highest BCUT2D eigenvalue weighted by Crippen LogP contribution is 2.38. The number of cyclic esters (lactones) is 1. The Morgan fingerprint density at radius 2 is 2.16 bits per heavy atom. The molecule has 4 heterocycles. The largest absolute Gasteiger partial charge is 0.497 e. The summed E-state index contributed by atoms with van der Waals surface area (Å²) in [7, 11) is 1.62. The number of carbonyl (C=O) groups excluding carboxylic acids is 1. The van der Waals surface area contributed by atoms with E-state index in [9.17, 15) is 14.7 Å². The van der Waals surface area contributed by atoms with Crippen LogP contribution in [0.2, 0.25) is 0 Å². The van der Waals surface area contributed by atoms with E-state index in [1.165, 1.54) is 0 Å². The van der Waals surface area contributed by atoms with Gasteiger partial charge in [-0.15, -0.1) is 0 Å². The topological polar surface area (TPSA) is 129 Å². The molecule has 1 unspecified atom stereocenters. The quantitative estimate of drug-likeness (QED) is 0.301. The minimum absolute atomic E-state index is 0.138. The number of aromatic nitrogens is 2. The average molecular weight is 436 g/mol. The van der Waals surface area contributed by atoms with Gasteiger partial charge in [0.25, 0.3) is 5.56 Å². The van der Waals surface area contributed by atoms with Gasteiger partial charge in [-0.1, -0.05) is 0 Å². The average Bonchev–Trinajstić information content (AvgIpc) is 3.17. The number of benzene rings is 1. The maximum absolute atomic E-state index is 13.2. The van der Waals surface area contributed by atoms with Crippen LogP contribution in [0.5, 0.6) is 5.75 Å². The molecule has 5 rings (SSSR count). The summed E-state index contributed by atoms with van der Waals surface area (Å²) in [4.78, 5) is 29.9. The first-order chi connectivity index (χ1) is 15.5. The first-order valence-corrected chi connectivity index (χ1v) is 10.6. The molecular formula is C23H24N4O5. The molecule has 9 nitrogen and oxygen atoms in total. The number of fused-ring (bicyclic) bond motifs is 5. The van der Waals surface area contributed by atoms with E-state index < -0.39 is 12.1 Å². The third kappa shape index (κ3) is 3.17. The Labute approximate surface area is 183 Å². The number of pyridine rings is 2. The molecule has 1 aromatic carbocycles. The van der Waals surface area contributed by atoms with Gasteiger partial charge in [-0.25, -0.2) is 9.78 Å². The van der Waals surface area contributed by atoms with Crippen molar-refractivity contribution in [2.45, 2.75) is 32.2 Å². The van der Waals surface area contributed by atoms with Crippen molar-refractivity contribution in [2.75, 3.05) is 20.2 Å².